The Kier molecular flexibility index (Phi) is 5.44. The number of amides is 1. The van der Waals surface area contributed by atoms with Gasteiger partial charge in [0.1, 0.15) is 6.33 Å². The molecule has 4 rings (SSSR count). The molecule has 1 aromatic heterocycles. The summed E-state index contributed by atoms with van der Waals surface area (Å²) in [4.78, 5) is 26.7. The highest BCUT2D eigenvalue weighted by Gasteiger charge is 2.19. The van der Waals surface area contributed by atoms with Crippen molar-refractivity contribution in [3.05, 3.63) is 63.9 Å². The van der Waals surface area contributed by atoms with Crippen molar-refractivity contribution in [1.82, 2.24) is 15.0 Å². The minimum absolute atomic E-state index is 0.111. The number of benzene rings is 2. The Morgan fingerprint density at radius 3 is 2.83 bits per heavy atom. The molecule has 0 bridgehead atoms. The SMILES string of the molecule is CC(=O)Nc1ccc(C)c(Nc2ncnc(N3CCc4cc(Br)ccc4C3)n2)c1. The fourth-order valence-corrected chi connectivity index (χ4v) is 3.76. The normalized spacial score (nSPS) is 13.0. The van der Waals surface area contributed by atoms with Gasteiger partial charge in [-0.1, -0.05) is 28.1 Å². The van der Waals surface area contributed by atoms with Crippen LogP contribution in [0.25, 0.3) is 0 Å². The fraction of sp³-hybridized carbons (Fsp3) is 0.238. The second kappa shape index (κ2) is 8.16. The van der Waals surface area contributed by atoms with Crippen molar-refractivity contribution in [1.29, 1.82) is 0 Å². The second-order valence-corrected chi connectivity index (χ2v) is 7.95. The van der Waals surface area contributed by atoms with E-state index in [0.717, 1.165) is 40.9 Å². The molecule has 2 heterocycles. The van der Waals surface area contributed by atoms with E-state index >= 15 is 0 Å². The highest BCUT2D eigenvalue weighted by atomic mass is 79.9. The van der Waals surface area contributed by atoms with Gasteiger partial charge in [-0.15, -0.1) is 0 Å². The summed E-state index contributed by atoms with van der Waals surface area (Å²) in [6, 6.07) is 12.1. The summed E-state index contributed by atoms with van der Waals surface area (Å²) in [5, 5.41) is 6.04. The maximum absolute atomic E-state index is 11.3. The van der Waals surface area contributed by atoms with E-state index in [1.54, 1.807) is 0 Å². The molecule has 7 nitrogen and oxygen atoms in total. The van der Waals surface area contributed by atoms with Crippen molar-refractivity contribution in [2.75, 3.05) is 22.1 Å². The van der Waals surface area contributed by atoms with Crippen molar-refractivity contribution in [2.45, 2.75) is 26.8 Å². The van der Waals surface area contributed by atoms with E-state index in [-0.39, 0.29) is 5.91 Å². The Hall–Kier alpha value is -3.00. The zero-order valence-corrected chi connectivity index (χ0v) is 17.8. The number of hydrogen-bond acceptors (Lipinski definition) is 6. The predicted molar refractivity (Wildman–Crippen MR) is 117 cm³/mol. The minimum Gasteiger partial charge on any atom is -0.336 e. The highest BCUT2D eigenvalue weighted by Crippen LogP contribution is 2.26. The van der Waals surface area contributed by atoms with Crippen LogP contribution in [0.4, 0.5) is 23.3 Å². The van der Waals surface area contributed by atoms with Crippen molar-refractivity contribution in [2.24, 2.45) is 0 Å². The van der Waals surface area contributed by atoms with Crippen LogP contribution < -0.4 is 15.5 Å². The minimum atomic E-state index is -0.111. The molecule has 2 aromatic carbocycles. The van der Waals surface area contributed by atoms with E-state index in [9.17, 15) is 4.79 Å². The van der Waals surface area contributed by atoms with Crippen molar-refractivity contribution in [3.63, 3.8) is 0 Å². The first-order valence-electron chi connectivity index (χ1n) is 9.34. The van der Waals surface area contributed by atoms with Gasteiger partial charge in [0, 0.05) is 35.9 Å². The van der Waals surface area contributed by atoms with E-state index < -0.39 is 0 Å². The first-order chi connectivity index (χ1) is 14.0. The van der Waals surface area contributed by atoms with E-state index in [0.29, 0.717) is 11.9 Å². The monoisotopic (exact) mass is 452 g/mol. The quantitative estimate of drug-likeness (QED) is 0.616. The summed E-state index contributed by atoms with van der Waals surface area (Å²) < 4.78 is 1.10. The Morgan fingerprint density at radius 1 is 1.14 bits per heavy atom. The average molecular weight is 453 g/mol. The Labute approximate surface area is 177 Å². The number of fused-ring (bicyclic) bond motifs is 1. The number of carbonyl (C=O) groups excluding carboxylic acids is 1. The molecule has 0 spiro atoms. The predicted octanol–water partition coefficient (Wildman–Crippen LogP) is 4.21. The van der Waals surface area contributed by atoms with Gasteiger partial charge >= 0.3 is 0 Å². The molecule has 0 saturated carbocycles. The summed E-state index contributed by atoms with van der Waals surface area (Å²) in [6.45, 7) is 5.09. The third-order valence-corrected chi connectivity index (χ3v) is 5.32. The summed E-state index contributed by atoms with van der Waals surface area (Å²) in [5.41, 5.74) is 5.22. The molecule has 148 valence electrons. The maximum Gasteiger partial charge on any atom is 0.232 e. The number of rotatable bonds is 4. The van der Waals surface area contributed by atoms with Crippen LogP contribution in [-0.4, -0.2) is 27.4 Å². The van der Waals surface area contributed by atoms with E-state index in [4.69, 9.17) is 0 Å². The lowest BCUT2D eigenvalue weighted by atomic mass is 10.0. The first kappa shape index (κ1) is 19.3. The van der Waals surface area contributed by atoms with E-state index in [2.05, 4.69) is 64.6 Å². The summed E-state index contributed by atoms with van der Waals surface area (Å²) in [6.07, 6.45) is 2.47. The molecule has 8 heteroatoms. The van der Waals surface area contributed by atoms with Crippen LogP contribution in [0.1, 0.15) is 23.6 Å². The molecule has 0 aliphatic carbocycles. The number of hydrogen-bond donors (Lipinski definition) is 2. The summed E-state index contributed by atoms with van der Waals surface area (Å²) in [5.74, 6) is 1.01. The molecular weight excluding hydrogens is 432 g/mol. The summed E-state index contributed by atoms with van der Waals surface area (Å²) in [7, 11) is 0. The van der Waals surface area contributed by atoms with Gasteiger partial charge in [-0.2, -0.15) is 4.98 Å². The van der Waals surface area contributed by atoms with Crippen LogP contribution in [0.5, 0.6) is 0 Å². The van der Waals surface area contributed by atoms with Gasteiger partial charge in [0.2, 0.25) is 17.8 Å². The standard InChI is InChI=1S/C21H21BrN6O/c1-13-3-6-18(25-14(2)29)10-19(13)26-20-23-12-24-21(27-20)28-8-7-15-9-17(22)5-4-16(15)11-28/h3-6,9-10,12H,7-8,11H2,1-2H3,(H,25,29)(H,23,24,26,27). The van der Waals surface area contributed by atoms with Gasteiger partial charge in [0.15, 0.2) is 0 Å². The van der Waals surface area contributed by atoms with Gasteiger partial charge in [0.05, 0.1) is 0 Å². The molecule has 1 aliphatic rings. The molecule has 0 radical (unpaired) electrons. The Morgan fingerprint density at radius 2 is 2.00 bits per heavy atom. The number of aromatic nitrogens is 3. The number of nitrogens with one attached hydrogen (secondary N) is 2. The fourth-order valence-electron chi connectivity index (χ4n) is 3.35. The van der Waals surface area contributed by atoms with E-state index in [1.807, 2.05) is 25.1 Å². The highest BCUT2D eigenvalue weighted by molar-refractivity contribution is 9.10. The molecule has 0 atom stereocenters. The van der Waals surface area contributed by atoms with Crippen LogP contribution in [0.2, 0.25) is 0 Å². The molecule has 0 unspecified atom stereocenters. The Bertz CT molecular complexity index is 1070. The molecular formula is C21H21BrN6O. The van der Waals surface area contributed by atoms with Crippen LogP contribution in [0, 0.1) is 6.92 Å². The van der Waals surface area contributed by atoms with Gasteiger partial charge in [0.25, 0.3) is 0 Å². The number of aryl methyl sites for hydroxylation is 1. The van der Waals surface area contributed by atoms with Crippen LogP contribution >= 0.6 is 15.9 Å². The first-order valence-corrected chi connectivity index (χ1v) is 10.1. The molecule has 0 fully saturated rings. The molecule has 1 aliphatic heterocycles. The lowest BCUT2D eigenvalue weighted by Gasteiger charge is -2.29. The lowest BCUT2D eigenvalue weighted by molar-refractivity contribution is -0.114. The van der Waals surface area contributed by atoms with Crippen molar-refractivity contribution >= 4 is 45.1 Å². The largest absolute Gasteiger partial charge is 0.336 e. The van der Waals surface area contributed by atoms with Crippen LogP contribution in [0.3, 0.4) is 0 Å². The molecule has 1 amide bonds. The van der Waals surface area contributed by atoms with Crippen molar-refractivity contribution in [3.8, 4) is 0 Å². The molecule has 0 saturated heterocycles. The number of anilines is 4. The number of nitrogens with zero attached hydrogens (tertiary/aromatic N) is 4. The van der Waals surface area contributed by atoms with Gasteiger partial charge in [-0.3, -0.25) is 4.79 Å². The van der Waals surface area contributed by atoms with Gasteiger partial charge in [-0.05, 0) is 54.3 Å². The maximum atomic E-state index is 11.3. The third-order valence-electron chi connectivity index (χ3n) is 4.83. The second-order valence-electron chi connectivity index (χ2n) is 7.03. The van der Waals surface area contributed by atoms with Crippen LogP contribution in [0.15, 0.2) is 47.2 Å². The molecule has 29 heavy (non-hydrogen) atoms. The lowest BCUT2D eigenvalue weighted by Crippen LogP contribution is -2.32. The molecule has 2 N–H and O–H groups in total. The number of halogens is 1. The van der Waals surface area contributed by atoms with Gasteiger partial charge in [-0.25, -0.2) is 9.97 Å². The zero-order chi connectivity index (χ0) is 20.4. The molecule has 3 aromatic rings. The smallest absolute Gasteiger partial charge is 0.232 e. The summed E-state index contributed by atoms with van der Waals surface area (Å²) >= 11 is 3.54. The van der Waals surface area contributed by atoms with Crippen LogP contribution in [-0.2, 0) is 17.8 Å². The Balaban J connectivity index is 1.54. The zero-order valence-electron chi connectivity index (χ0n) is 16.2. The van der Waals surface area contributed by atoms with E-state index in [1.165, 1.54) is 24.4 Å². The van der Waals surface area contributed by atoms with Crippen molar-refractivity contribution < 1.29 is 4.79 Å². The van der Waals surface area contributed by atoms with Gasteiger partial charge < -0.3 is 15.5 Å². The average Bonchev–Trinajstić information content (AvgIpc) is 2.70. The third kappa shape index (κ3) is 4.54. The number of carbonyl (C=O) groups is 1. The topological polar surface area (TPSA) is 83.0 Å².